The van der Waals surface area contributed by atoms with E-state index >= 15 is 0 Å². The van der Waals surface area contributed by atoms with Crippen molar-refractivity contribution in [1.29, 1.82) is 0 Å². The van der Waals surface area contributed by atoms with E-state index in [1.54, 1.807) is 25.1 Å². The van der Waals surface area contributed by atoms with Crippen LogP contribution < -0.4 is 4.74 Å². The number of benzene rings is 2. The zero-order valence-corrected chi connectivity index (χ0v) is 12.7. The first-order valence-corrected chi connectivity index (χ1v) is 7.42. The van der Waals surface area contributed by atoms with Gasteiger partial charge < -0.3 is 9.47 Å². The van der Waals surface area contributed by atoms with Gasteiger partial charge in [0.05, 0.1) is 6.04 Å². The highest BCUT2D eigenvalue weighted by molar-refractivity contribution is 5.83. The van der Waals surface area contributed by atoms with Crippen molar-refractivity contribution in [2.45, 2.75) is 25.5 Å². The van der Waals surface area contributed by atoms with Gasteiger partial charge in [-0.15, -0.1) is 0 Å². The van der Waals surface area contributed by atoms with Gasteiger partial charge in [0.25, 0.3) is 0 Å². The molecule has 0 bridgehead atoms. The van der Waals surface area contributed by atoms with E-state index in [9.17, 15) is 8.78 Å². The number of hydrogen-bond acceptors (Lipinski definition) is 3. The number of ether oxygens (including phenoxy) is 2. The smallest absolute Gasteiger partial charge is 0.472 e. The van der Waals surface area contributed by atoms with Crippen LogP contribution in [0.4, 0.5) is 8.78 Å². The molecule has 1 atom stereocenters. The number of halogens is 2. The van der Waals surface area contributed by atoms with E-state index in [2.05, 4.69) is 4.99 Å². The first-order valence-electron chi connectivity index (χ1n) is 7.42. The monoisotopic (exact) mass is 317 g/mol. The standard InChI is InChI=1S/C18H17F2NO2/c1-13-7-5-6-10-16(13)23-18(19,20)17-21-15(12-22-17)11-14-8-3-2-4-9-14/h2-10,15H,11-12H2,1H3. The minimum Gasteiger partial charge on any atom is -0.472 e. The molecule has 0 fully saturated rings. The van der Waals surface area contributed by atoms with Crippen molar-refractivity contribution >= 4 is 5.90 Å². The molecule has 0 saturated carbocycles. The Morgan fingerprint density at radius 2 is 1.83 bits per heavy atom. The fourth-order valence-electron chi connectivity index (χ4n) is 2.42. The number of alkyl halides is 2. The molecule has 1 unspecified atom stereocenters. The lowest BCUT2D eigenvalue weighted by atomic mass is 10.1. The Morgan fingerprint density at radius 3 is 2.57 bits per heavy atom. The predicted octanol–water partition coefficient (Wildman–Crippen LogP) is 4.01. The molecule has 120 valence electrons. The van der Waals surface area contributed by atoms with Gasteiger partial charge >= 0.3 is 12.0 Å². The fourth-order valence-corrected chi connectivity index (χ4v) is 2.42. The Hall–Kier alpha value is -2.43. The highest BCUT2D eigenvalue weighted by atomic mass is 19.3. The van der Waals surface area contributed by atoms with Gasteiger partial charge in [0.15, 0.2) is 0 Å². The number of aryl methyl sites for hydroxylation is 1. The molecule has 2 aromatic rings. The quantitative estimate of drug-likeness (QED) is 0.834. The van der Waals surface area contributed by atoms with Gasteiger partial charge in [-0.2, -0.15) is 8.78 Å². The Morgan fingerprint density at radius 1 is 1.13 bits per heavy atom. The minimum atomic E-state index is -3.57. The molecule has 3 rings (SSSR count). The number of rotatable bonds is 5. The summed E-state index contributed by atoms with van der Waals surface area (Å²) in [5, 5.41) is 0. The second kappa shape index (κ2) is 6.36. The molecule has 0 aliphatic carbocycles. The normalized spacial score (nSPS) is 17.5. The van der Waals surface area contributed by atoms with Crippen LogP contribution in [0.2, 0.25) is 0 Å². The van der Waals surface area contributed by atoms with Crippen LogP contribution in [-0.2, 0) is 11.2 Å². The van der Waals surface area contributed by atoms with Gasteiger partial charge in [-0.25, -0.2) is 4.99 Å². The maximum atomic E-state index is 14.2. The maximum absolute atomic E-state index is 14.2. The molecule has 0 saturated heterocycles. The van der Waals surface area contributed by atoms with Crippen LogP contribution in [0.1, 0.15) is 11.1 Å². The summed E-state index contributed by atoms with van der Waals surface area (Å²) in [6.07, 6.45) is -3.01. The highest BCUT2D eigenvalue weighted by Crippen LogP contribution is 2.28. The minimum absolute atomic E-state index is 0.121. The summed E-state index contributed by atoms with van der Waals surface area (Å²) in [6.45, 7) is 1.85. The molecule has 0 N–H and O–H groups in total. The van der Waals surface area contributed by atoms with Gasteiger partial charge in [-0.1, -0.05) is 48.5 Å². The Bertz CT molecular complexity index is 701. The van der Waals surface area contributed by atoms with Crippen LogP contribution in [-0.4, -0.2) is 24.7 Å². The summed E-state index contributed by atoms with van der Waals surface area (Å²) in [5.74, 6) is -0.531. The van der Waals surface area contributed by atoms with Gasteiger partial charge in [0, 0.05) is 0 Å². The summed E-state index contributed by atoms with van der Waals surface area (Å²) in [5.41, 5.74) is 1.67. The fraction of sp³-hybridized carbons (Fsp3) is 0.278. The lowest BCUT2D eigenvalue weighted by Crippen LogP contribution is -2.35. The van der Waals surface area contributed by atoms with E-state index in [1.807, 2.05) is 30.3 Å². The van der Waals surface area contributed by atoms with Gasteiger partial charge in [-0.05, 0) is 30.5 Å². The van der Waals surface area contributed by atoms with Crippen LogP contribution in [0.15, 0.2) is 59.6 Å². The van der Waals surface area contributed by atoms with Crippen LogP contribution in [0.5, 0.6) is 5.75 Å². The lowest BCUT2D eigenvalue weighted by Gasteiger charge is -2.18. The third-order valence-electron chi connectivity index (χ3n) is 3.61. The molecule has 1 aliphatic heterocycles. The largest absolute Gasteiger partial charge is 0.479 e. The van der Waals surface area contributed by atoms with Crippen molar-refractivity contribution in [3.8, 4) is 5.75 Å². The van der Waals surface area contributed by atoms with Crippen molar-refractivity contribution in [1.82, 2.24) is 0 Å². The first kappa shape index (κ1) is 15.5. The predicted molar refractivity (Wildman–Crippen MR) is 84.1 cm³/mol. The molecule has 5 heteroatoms. The number of hydrogen-bond donors (Lipinski definition) is 0. The van der Waals surface area contributed by atoms with Crippen LogP contribution >= 0.6 is 0 Å². The lowest BCUT2D eigenvalue weighted by molar-refractivity contribution is -0.125. The average molecular weight is 317 g/mol. The van der Waals surface area contributed by atoms with Crippen molar-refractivity contribution in [2.75, 3.05) is 6.61 Å². The molecule has 0 radical (unpaired) electrons. The summed E-state index contributed by atoms with van der Waals surface area (Å²) in [4.78, 5) is 4.00. The van der Waals surface area contributed by atoms with E-state index < -0.39 is 12.0 Å². The first-order chi connectivity index (χ1) is 11.0. The zero-order chi connectivity index (χ0) is 16.3. The van der Waals surface area contributed by atoms with Crippen molar-refractivity contribution in [3.63, 3.8) is 0 Å². The Kier molecular flexibility index (Phi) is 4.28. The molecule has 3 nitrogen and oxygen atoms in total. The zero-order valence-electron chi connectivity index (χ0n) is 12.7. The number of nitrogens with zero attached hydrogens (tertiary/aromatic N) is 1. The molecule has 23 heavy (non-hydrogen) atoms. The molecule has 1 aliphatic rings. The highest BCUT2D eigenvalue weighted by Gasteiger charge is 2.45. The molecule has 0 spiro atoms. The van der Waals surface area contributed by atoms with Crippen LogP contribution in [0, 0.1) is 6.92 Å². The molecule has 1 heterocycles. The van der Waals surface area contributed by atoms with E-state index in [0.717, 1.165) is 5.56 Å². The molecule has 0 amide bonds. The van der Waals surface area contributed by atoms with E-state index in [1.165, 1.54) is 6.07 Å². The third-order valence-corrected chi connectivity index (χ3v) is 3.61. The van der Waals surface area contributed by atoms with Crippen molar-refractivity contribution < 1.29 is 18.3 Å². The van der Waals surface area contributed by atoms with E-state index in [4.69, 9.17) is 9.47 Å². The van der Waals surface area contributed by atoms with Crippen molar-refractivity contribution in [2.24, 2.45) is 4.99 Å². The van der Waals surface area contributed by atoms with Crippen LogP contribution in [0.25, 0.3) is 0 Å². The van der Waals surface area contributed by atoms with Crippen LogP contribution in [0.3, 0.4) is 0 Å². The summed E-state index contributed by atoms with van der Waals surface area (Å²) in [7, 11) is 0. The summed E-state index contributed by atoms with van der Waals surface area (Å²) < 4.78 is 38.4. The maximum Gasteiger partial charge on any atom is 0.479 e. The topological polar surface area (TPSA) is 30.8 Å². The summed E-state index contributed by atoms with van der Waals surface area (Å²) >= 11 is 0. The van der Waals surface area contributed by atoms with E-state index in [0.29, 0.717) is 12.0 Å². The summed E-state index contributed by atoms with van der Waals surface area (Å²) in [6, 6.07) is 15.9. The molecular weight excluding hydrogens is 300 g/mol. The second-order valence-electron chi connectivity index (χ2n) is 5.47. The molecular formula is C18H17F2NO2. The Labute approximate surface area is 133 Å². The Balaban J connectivity index is 1.70. The van der Waals surface area contributed by atoms with Gasteiger partial charge in [-0.3, -0.25) is 0 Å². The third kappa shape index (κ3) is 3.67. The number of aliphatic imine (C=N–C) groups is 1. The SMILES string of the molecule is Cc1ccccc1OC(F)(F)C1=NC(Cc2ccccc2)CO1. The van der Waals surface area contributed by atoms with E-state index in [-0.39, 0.29) is 18.4 Å². The molecule has 0 aromatic heterocycles. The average Bonchev–Trinajstić information content (AvgIpc) is 3.00. The molecule has 2 aromatic carbocycles. The second-order valence-corrected chi connectivity index (χ2v) is 5.47. The van der Waals surface area contributed by atoms with Gasteiger partial charge in [0.1, 0.15) is 12.4 Å². The van der Waals surface area contributed by atoms with Crippen molar-refractivity contribution in [3.05, 3.63) is 65.7 Å². The number of para-hydroxylation sites is 1. The van der Waals surface area contributed by atoms with Gasteiger partial charge in [0.2, 0.25) is 0 Å².